The Kier molecular flexibility index (Phi) is 24.1. The molecule has 0 aliphatic heterocycles. The number of hydrogen-bond donors (Lipinski definition) is 0. The molecule has 0 saturated heterocycles. The van der Waals surface area contributed by atoms with Crippen molar-refractivity contribution < 1.29 is 46.9 Å². The summed E-state index contributed by atoms with van der Waals surface area (Å²) in [7, 11) is 0. The zero-order chi connectivity index (χ0) is 52.0. The molecule has 0 bridgehead atoms. The smallest absolute Gasteiger partial charge is 0.0970 e. The van der Waals surface area contributed by atoms with Crippen LogP contribution in [0.3, 0.4) is 0 Å². The fourth-order valence-electron chi connectivity index (χ4n) is 10.7. The first-order valence-corrected chi connectivity index (χ1v) is 26.1. The van der Waals surface area contributed by atoms with Gasteiger partial charge in [-0.1, -0.05) is 218 Å². The van der Waals surface area contributed by atoms with Gasteiger partial charge in [0.1, 0.15) is 0 Å². The summed E-state index contributed by atoms with van der Waals surface area (Å²) in [5.74, 6) is 0. The Morgan fingerprint density at radius 1 is 0.163 bits per heavy atom. The molecule has 0 fully saturated rings. The maximum atomic E-state index is 4.67. The van der Waals surface area contributed by atoms with Gasteiger partial charge in [0.2, 0.25) is 0 Å². The van der Waals surface area contributed by atoms with Crippen LogP contribution in [0.15, 0.2) is 292 Å². The first-order valence-electron chi connectivity index (χ1n) is 26.1. The number of benzene rings is 9. The van der Waals surface area contributed by atoms with Crippen molar-refractivity contribution in [1.82, 2.24) is 29.9 Å². The van der Waals surface area contributed by atoms with Crippen molar-refractivity contribution in [2.24, 2.45) is 0 Å². The summed E-state index contributed by atoms with van der Waals surface area (Å²) in [5.41, 5.74) is 19.9. The monoisotopic (exact) mass is 1260 g/mol. The van der Waals surface area contributed by atoms with Gasteiger partial charge in [0.25, 0.3) is 0 Å². The third-order valence-electron chi connectivity index (χ3n) is 14.4. The molecular formula is C72H60Cl2N6O5Ru. The predicted molar refractivity (Wildman–Crippen MR) is 356 cm³/mol. The zero-order valence-electron chi connectivity index (χ0n) is 46.1. The summed E-state index contributed by atoms with van der Waals surface area (Å²) in [4.78, 5) is 28.0. The van der Waals surface area contributed by atoms with Crippen LogP contribution in [0.1, 0.15) is 0 Å². The molecule has 14 heteroatoms. The van der Waals surface area contributed by atoms with E-state index in [2.05, 4.69) is 248 Å². The number of aromatic nitrogens is 6. The average molecular weight is 1260 g/mol. The SMILES string of the molecule is Cl.Cl.O.O.O.O.O.[Ru].c1ccc(-c2ccnc3c2ccc2c(-c4ccccc4)ccnc23)cc1.c1ccc(-c2ccnc3c2ccc2c(-c4ccccc4)ccnc23)cc1.c1ccc(-c2ccnc3c2ccc2c(-c4ccccc4)ccnc23)cc1. The van der Waals surface area contributed by atoms with Gasteiger partial charge in [0, 0.05) is 89.0 Å². The molecule has 15 aromatic rings. The van der Waals surface area contributed by atoms with Gasteiger partial charge < -0.3 is 27.4 Å². The first kappa shape index (κ1) is 67.2. The van der Waals surface area contributed by atoms with Crippen molar-refractivity contribution in [3.8, 4) is 66.8 Å². The van der Waals surface area contributed by atoms with Crippen molar-refractivity contribution in [2.45, 2.75) is 0 Å². The molecule has 6 aromatic heterocycles. The van der Waals surface area contributed by atoms with E-state index in [1.165, 1.54) is 66.8 Å². The van der Waals surface area contributed by atoms with Gasteiger partial charge in [-0.15, -0.1) is 24.8 Å². The summed E-state index contributed by atoms with van der Waals surface area (Å²) >= 11 is 0. The molecule has 0 saturated carbocycles. The summed E-state index contributed by atoms with van der Waals surface area (Å²) in [6.07, 6.45) is 11.3. The minimum absolute atomic E-state index is 0. The minimum atomic E-state index is 0. The summed E-state index contributed by atoms with van der Waals surface area (Å²) < 4.78 is 0. The number of nitrogens with zero attached hydrogens (tertiary/aromatic N) is 6. The van der Waals surface area contributed by atoms with Crippen molar-refractivity contribution in [3.63, 3.8) is 0 Å². The van der Waals surface area contributed by atoms with Crippen LogP contribution in [0.2, 0.25) is 0 Å². The van der Waals surface area contributed by atoms with Crippen LogP contribution >= 0.6 is 24.8 Å². The normalized spacial score (nSPS) is 10.0. The van der Waals surface area contributed by atoms with E-state index >= 15 is 0 Å². The fourth-order valence-corrected chi connectivity index (χ4v) is 10.7. The van der Waals surface area contributed by atoms with Crippen LogP contribution in [0.5, 0.6) is 0 Å². The first-order chi connectivity index (χ1) is 38.7. The van der Waals surface area contributed by atoms with Gasteiger partial charge in [-0.3, -0.25) is 29.9 Å². The van der Waals surface area contributed by atoms with Crippen LogP contribution in [-0.4, -0.2) is 57.3 Å². The molecular weight excluding hydrogens is 1200 g/mol. The van der Waals surface area contributed by atoms with Gasteiger partial charge >= 0.3 is 0 Å². The quantitative estimate of drug-likeness (QED) is 0.116. The topological polar surface area (TPSA) is 235 Å². The van der Waals surface area contributed by atoms with Crippen LogP contribution in [-0.2, 0) is 19.5 Å². The molecule has 86 heavy (non-hydrogen) atoms. The number of fused-ring (bicyclic) bond motifs is 9. The predicted octanol–water partition coefficient (Wildman–Crippen LogP) is 15.1. The molecule has 0 amide bonds. The van der Waals surface area contributed by atoms with Crippen molar-refractivity contribution >= 4 is 90.2 Å². The number of hydrogen-bond acceptors (Lipinski definition) is 6. The largest absolute Gasteiger partial charge is 0.412 e. The summed E-state index contributed by atoms with van der Waals surface area (Å²) in [6, 6.07) is 88.0. The molecule has 15 rings (SSSR count). The Labute approximate surface area is 522 Å². The van der Waals surface area contributed by atoms with Crippen LogP contribution < -0.4 is 0 Å². The van der Waals surface area contributed by atoms with Crippen molar-refractivity contribution in [1.29, 1.82) is 0 Å². The second-order valence-corrected chi connectivity index (χ2v) is 18.9. The second kappa shape index (κ2) is 30.8. The third-order valence-corrected chi connectivity index (χ3v) is 14.4. The van der Waals surface area contributed by atoms with Gasteiger partial charge in [0.15, 0.2) is 0 Å². The molecule has 0 spiro atoms. The molecule has 430 valence electrons. The Balaban J connectivity index is 0.000000225. The van der Waals surface area contributed by atoms with Gasteiger partial charge in [0.05, 0.1) is 33.1 Å². The van der Waals surface area contributed by atoms with Gasteiger partial charge in [-0.2, -0.15) is 0 Å². The van der Waals surface area contributed by atoms with Gasteiger partial charge in [-0.25, -0.2) is 0 Å². The number of pyridine rings is 6. The van der Waals surface area contributed by atoms with E-state index in [4.69, 9.17) is 0 Å². The fraction of sp³-hybridized carbons (Fsp3) is 0. The standard InChI is InChI=1S/3C24H16N2.2ClH.5H2O.Ru/c3*1-3-7-17(8-4-1)19-13-15-25-23-21(19)11-12-22-20(14-16-26-24(22)23)18-9-5-2-6-10-18;;;;;;;;/h3*1-16H;2*1H;5*1H2;. The van der Waals surface area contributed by atoms with E-state index in [1.54, 1.807) is 0 Å². The molecule has 0 aliphatic rings. The molecule has 0 unspecified atom stereocenters. The molecule has 11 nitrogen and oxygen atoms in total. The van der Waals surface area contributed by atoms with E-state index in [0.29, 0.717) is 0 Å². The molecule has 6 heterocycles. The minimum Gasteiger partial charge on any atom is -0.412 e. The average Bonchev–Trinajstić information content (AvgIpc) is 1.03. The molecule has 0 aliphatic carbocycles. The maximum Gasteiger partial charge on any atom is 0.0970 e. The summed E-state index contributed by atoms with van der Waals surface area (Å²) in [5, 5.41) is 6.77. The molecule has 0 radical (unpaired) electrons. The van der Waals surface area contributed by atoms with E-state index in [0.717, 1.165) is 65.4 Å². The van der Waals surface area contributed by atoms with Gasteiger partial charge in [-0.05, 0) is 103 Å². The molecule has 9 aromatic carbocycles. The third kappa shape index (κ3) is 13.3. The zero-order valence-corrected chi connectivity index (χ0v) is 49.4. The van der Waals surface area contributed by atoms with E-state index in [-0.39, 0.29) is 71.7 Å². The van der Waals surface area contributed by atoms with Crippen LogP contribution in [0, 0.1) is 0 Å². The number of rotatable bonds is 6. The van der Waals surface area contributed by atoms with Crippen LogP contribution in [0.4, 0.5) is 0 Å². The Morgan fingerprint density at radius 2 is 0.291 bits per heavy atom. The van der Waals surface area contributed by atoms with Crippen LogP contribution in [0.25, 0.3) is 132 Å². The van der Waals surface area contributed by atoms with E-state index in [9.17, 15) is 0 Å². The van der Waals surface area contributed by atoms with E-state index in [1.807, 2.05) is 73.6 Å². The number of halogens is 2. The molecule has 0 atom stereocenters. The Hall–Kier alpha value is -9.56. The Bertz CT molecular complexity index is 3860. The van der Waals surface area contributed by atoms with Crippen molar-refractivity contribution in [3.05, 3.63) is 292 Å². The van der Waals surface area contributed by atoms with Crippen molar-refractivity contribution in [2.75, 3.05) is 0 Å². The summed E-state index contributed by atoms with van der Waals surface area (Å²) in [6.45, 7) is 0. The maximum absolute atomic E-state index is 4.67. The molecule has 10 N–H and O–H groups in total. The van der Waals surface area contributed by atoms with E-state index < -0.39 is 0 Å². The second-order valence-electron chi connectivity index (χ2n) is 18.9. The Morgan fingerprint density at radius 3 is 0.419 bits per heavy atom.